The van der Waals surface area contributed by atoms with E-state index < -0.39 is 0 Å². The average Bonchev–Trinajstić information content (AvgIpc) is 3.01. The standard InChI is InChI=1S/C18H27NO3.ClH/c1-14(2)22-17-8-6-16(7-9-17)18(20)21-13-10-15(3)19-11-4-5-12-19;/h6-9,14-15H,4-5,10-13H2,1-3H3;1H. The van der Waals surface area contributed by atoms with Gasteiger partial charge in [0.1, 0.15) is 5.75 Å². The molecular formula is C18H28ClNO3. The van der Waals surface area contributed by atoms with E-state index >= 15 is 0 Å². The molecule has 1 unspecified atom stereocenters. The number of ether oxygens (including phenoxy) is 2. The Labute approximate surface area is 145 Å². The first-order chi connectivity index (χ1) is 10.6. The van der Waals surface area contributed by atoms with Crippen LogP contribution in [0.2, 0.25) is 0 Å². The lowest BCUT2D eigenvalue weighted by Crippen LogP contribution is -2.31. The molecule has 0 amide bonds. The fourth-order valence-corrected chi connectivity index (χ4v) is 2.71. The van der Waals surface area contributed by atoms with E-state index in [0.717, 1.165) is 12.2 Å². The van der Waals surface area contributed by atoms with Crippen LogP contribution in [0.15, 0.2) is 24.3 Å². The van der Waals surface area contributed by atoms with Gasteiger partial charge in [0.25, 0.3) is 0 Å². The lowest BCUT2D eigenvalue weighted by atomic mass is 10.2. The third-order valence-corrected chi connectivity index (χ3v) is 3.99. The molecule has 1 fully saturated rings. The first-order valence-electron chi connectivity index (χ1n) is 8.24. The maximum absolute atomic E-state index is 12.0. The number of halogens is 1. The lowest BCUT2D eigenvalue weighted by molar-refractivity contribution is 0.0470. The number of hydrogen-bond donors (Lipinski definition) is 0. The first kappa shape index (κ1) is 19.8. The molecule has 0 aromatic heterocycles. The summed E-state index contributed by atoms with van der Waals surface area (Å²) in [5, 5.41) is 0. The molecule has 130 valence electrons. The summed E-state index contributed by atoms with van der Waals surface area (Å²) in [5.41, 5.74) is 0.574. The summed E-state index contributed by atoms with van der Waals surface area (Å²) in [5.74, 6) is 0.513. The van der Waals surface area contributed by atoms with Gasteiger partial charge in [0.2, 0.25) is 0 Å². The molecule has 1 heterocycles. The first-order valence-corrected chi connectivity index (χ1v) is 8.24. The van der Waals surface area contributed by atoms with Crippen molar-refractivity contribution in [3.63, 3.8) is 0 Å². The summed E-state index contributed by atoms with van der Waals surface area (Å²) in [4.78, 5) is 14.5. The molecule has 4 nitrogen and oxygen atoms in total. The average molecular weight is 342 g/mol. The molecule has 0 saturated carbocycles. The Bertz CT molecular complexity index is 470. The Hall–Kier alpha value is -1.26. The van der Waals surface area contributed by atoms with E-state index in [0.29, 0.717) is 18.2 Å². The maximum atomic E-state index is 12.0. The quantitative estimate of drug-likeness (QED) is 0.704. The number of carbonyl (C=O) groups excluding carboxylic acids is 1. The number of esters is 1. The molecule has 23 heavy (non-hydrogen) atoms. The number of carbonyl (C=O) groups is 1. The Morgan fingerprint density at radius 3 is 2.30 bits per heavy atom. The molecule has 2 rings (SSSR count). The predicted molar refractivity (Wildman–Crippen MR) is 94.6 cm³/mol. The van der Waals surface area contributed by atoms with Gasteiger partial charge in [0, 0.05) is 6.04 Å². The highest BCUT2D eigenvalue weighted by atomic mass is 35.5. The third-order valence-electron chi connectivity index (χ3n) is 3.99. The van der Waals surface area contributed by atoms with Crippen LogP contribution in [0.3, 0.4) is 0 Å². The van der Waals surface area contributed by atoms with Gasteiger partial charge in [-0.05, 0) is 77.4 Å². The summed E-state index contributed by atoms with van der Waals surface area (Å²) in [6.07, 6.45) is 3.59. The topological polar surface area (TPSA) is 38.8 Å². The zero-order valence-corrected chi connectivity index (χ0v) is 15.1. The number of hydrogen-bond acceptors (Lipinski definition) is 4. The molecule has 5 heteroatoms. The van der Waals surface area contributed by atoms with Crippen molar-refractivity contribution < 1.29 is 14.3 Å². The van der Waals surface area contributed by atoms with Crippen molar-refractivity contribution in [3.05, 3.63) is 29.8 Å². The minimum atomic E-state index is -0.260. The molecule has 0 spiro atoms. The van der Waals surface area contributed by atoms with Crippen LogP contribution >= 0.6 is 12.4 Å². The molecule has 1 saturated heterocycles. The molecule has 1 aromatic carbocycles. The van der Waals surface area contributed by atoms with Gasteiger partial charge in [0.05, 0.1) is 18.3 Å². The number of nitrogens with zero attached hydrogens (tertiary/aromatic N) is 1. The second kappa shape index (κ2) is 9.78. The van der Waals surface area contributed by atoms with Crippen LogP contribution in [0.5, 0.6) is 5.75 Å². The van der Waals surface area contributed by atoms with Crippen molar-refractivity contribution in [3.8, 4) is 5.75 Å². The molecule has 1 aromatic rings. The van der Waals surface area contributed by atoms with Crippen molar-refractivity contribution in [2.45, 2.75) is 52.2 Å². The van der Waals surface area contributed by atoms with Gasteiger partial charge in [-0.25, -0.2) is 4.79 Å². The minimum absolute atomic E-state index is 0. The zero-order chi connectivity index (χ0) is 15.9. The second-order valence-corrected chi connectivity index (χ2v) is 6.21. The van der Waals surface area contributed by atoms with Crippen LogP contribution < -0.4 is 4.74 Å². The summed E-state index contributed by atoms with van der Waals surface area (Å²) in [7, 11) is 0. The van der Waals surface area contributed by atoms with E-state index in [1.165, 1.54) is 25.9 Å². The fraction of sp³-hybridized carbons (Fsp3) is 0.611. The number of likely N-dealkylation sites (tertiary alicyclic amines) is 1. The normalized spacial score (nSPS) is 16.0. The molecule has 0 bridgehead atoms. The van der Waals surface area contributed by atoms with Crippen LogP contribution in [-0.2, 0) is 4.74 Å². The Balaban J connectivity index is 0.00000264. The van der Waals surface area contributed by atoms with Crippen molar-refractivity contribution in [2.24, 2.45) is 0 Å². The van der Waals surface area contributed by atoms with Gasteiger partial charge in [-0.1, -0.05) is 0 Å². The Kier molecular flexibility index (Phi) is 8.42. The summed E-state index contributed by atoms with van der Waals surface area (Å²) < 4.78 is 10.9. The molecule has 1 aliphatic rings. The zero-order valence-electron chi connectivity index (χ0n) is 14.3. The summed E-state index contributed by atoms with van der Waals surface area (Å²) in [6, 6.07) is 7.61. The summed E-state index contributed by atoms with van der Waals surface area (Å²) in [6.45, 7) is 8.98. The van der Waals surface area contributed by atoms with E-state index in [-0.39, 0.29) is 24.5 Å². The molecule has 0 N–H and O–H groups in total. The highest BCUT2D eigenvalue weighted by molar-refractivity contribution is 5.89. The van der Waals surface area contributed by atoms with Gasteiger partial charge in [-0.15, -0.1) is 12.4 Å². The molecule has 0 radical (unpaired) electrons. The Morgan fingerprint density at radius 2 is 1.74 bits per heavy atom. The lowest BCUT2D eigenvalue weighted by Gasteiger charge is -2.23. The SMILES string of the molecule is CC(C)Oc1ccc(C(=O)OCCC(C)N2CCCC2)cc1.Cl. The van der Waals surface area contributed by atoms with E-state index in [9.17, 15) is 4.79 Å². The van der Waals surface area contributed by atoms with Gasteiger partial charge < -0.3 is 14.4 Å². The van der Waals surface area contributed by atoms with Gasteiger partial charge in [-0.2, -0.15) is 0 Å². The van der Waals surface area contributed by atoms with E-state index in [1.54, 1.807) is 12.1 Å². The fourth-order valence-electron chi connectivity index (χ4n) is 2.71. The monoisotopic (exact) mass is 341 g/mol. The van der Waals surface area contributed by atoms with E-state index in [1.807, 2.05) is 26.0 Å². The van der Waals surface area contributed by atoms with E-state index in [2.05, 4.69) is 11.8 Å². The molecule has 1 aliphatic heterocycles. The van der Waals surface area contributed by atoms with Crippen LogP contribution in [-0.4, -0.2) is 42.7 Å². The van der Waals surface area contributed by atoms with Crippen LogP contribution in [0.25, 0.3) is 0 Å². The highest BCUT2D eigenvalue weighted by Crippen LogP contribution is 2.16. The van der Waals surface area contributed by atoms with Gasteiger partial charge >= 0.3 is 5.97 Å². The largest absolute Gasteiger partial charge is 0.491 e. The second-order valence-electron chi connectivity index (χ2n) is 6.21. The third kappa shape index (κ3) is 6.40. The molecule has 0 aliphatic carbocycles. The van der Waals surface area contributed by atoms with Crippen molar-refractivity contribution in [1.82, 2.24) is 4.90 Å². The van der Waals surface area contributed by atoms with Crippen LogP contribution in [0.1, 0.15) is 50.4 Å². The predicted octanol–water partition coefficient (Wildman–Crippen LogP) is 3.93. The highest BCUT2D eigenvalue weighted by Gasteiger charge is 2.18. The molecular weight excluding hydrogens is 314 g/mol. The van der Waals surface area contributed by atoms with Crippen molar-refractivity contribution >= 4 is 18.4 Å². The molecule has 1 atom stereocenters. The van der Waals surface area contributed by atoms with Crippen LogP contribution in [0.4, 0.5) is 0 Å². The van der Waals surface area contributed by atoms with Crippen LogP contribution in [0, 0.1) is 0 Å². The van der Waals surface area contributed by atoms with Gasteiger partial charge in [0.15, 0.2) is 0 Å². The van der Waals surface area contributed by atoms with E-state index in [4.69, 9.17) is 9.47 Å². The maximum Gasteiger partial charge on any atom is 0.338 e. The van der Waals surface area contributed by atoms with Gasteiger partial charge in [-0.3, -0.25) is 0 Å². The van der Waals surface area contributed by atoms with Crippen molar-refractivity contribution in [1.29, 1.82) is 0 Å². The number of rotatable bonds is 7. The van der Waals surface area contributed by atoms with Crippen molar-refractivity contribution in [2.75, 3.05) is 19.7 Å². The number of benzene rings is 1. The Morgan fingerprint density at radius 1 is 1.13 bits per heavy atom. The smallest absolute Gasteiger partial charge is 0.338 e. The summed E-state index contributed by atoms with van der Waals surface area (Å²) >= 11 is 0. The minimum Gasteiger partial charge on any atom is -0.491 e.